The lowest BCUT2D eigenvalue weighted by molar-refractivity contribution is 0.851. The molecule has 0 aliphatic carbocycles. The van der Waals surface area contributed by atoms with Crippen LogP contribution in [0.4, 0.5) is 0 Å². The van der Waals surface area contributed by atoms with Crippen LogP contribution in [0.3, 0.4) is 0 Å². The first-order valence-electron chi connectivity index (χ1n) is 4.85. The minimum absolute atomic E-state index is 0.564. The first-order chi connectivity index (χ1) is 6.02. The Bertz CT molecular complexity index is 287. The summed E-state index contributed by atoms with van der Waals surface area (Å²) in [6.45, 7) is 8.81. The van der Waals surface area contributed by atoms with Gasteiger partial charge in [0.2, 0.25) is 0 Å². The second-order valence-electron chi connectivity index (χ2n) is 4.13. The third kappa shape index (κ3) is 2.54. The lowest BCUT2D eigenvalue weighted by atomic mass is 9.97. The molecule has 1 aromatic carbocycles. The number of rotatable bonds is 2. The van der Waals surface area contributed by atoms with E-state index >= 15 is 0 Å². The second kappa shape index (κ2) is 4.24. The van der Waals surface area contributed by atoms with Crippen molar-refractivity contribution in [3.63, 3.8) is 0 Å². The molecule has 0 aliphatic heterocycles. The van der Waals surface area contributed by atoms with Crippen LogP contribution in [0.25, 0.3) is 0 Å². The molecule has 0 unspecified atom stereocenters. The second-order valence-corrected chi connectivity index (χ2v) is 4.61. The molecule has 0 spiro atoms. The van der Waals surface area contributed by atoms with Gasteiger partial charge in [-0.25, -0.2) is 0 Å². The summed E-state index contributed by atoms with van der Waals surface area (Å²) in [5.41, 5.74) is 2.71. The number of benzene rings is 1. The molecule has 0 aromatic heterocycles. The molecule has 0 saturated carbocycles. The SMILES string of the molecule is CC(C)c1ccc(C(C)C)c([P-2])c1. The van der Waals surface area contributed by atoms with E-state index < -0.39 is 0 Å². The van der Waals surface area contributed by atoms with Gasteiger partial charge in [0, 0.05) is 0 Å². The molecular weight excluding hydrogens is 175 g/mol. The van der Waals surface area contributed by atoms with Crippen molar-refractivity contribution in [2.75, 3.05) is 0 Å². The molecule has 1 rings (SSSR count). The highest BCUT2D eigenvalue weighted by molar-refractivity contribution is 7.27. The predicted molar refractivity (Wildman–Crippen MR) is 61.2 cm³/mol. The highest BCUT2D eigenvalue weighted by atomic mass is 31.0. The van der Waals surface area contributed by atoms with Crippen LogP contribution >= 0.6 is 9.24 Å². The molecule has 0 atom stereocenters. The van der Waals surface area contributed by atoms with Crippen molar-refractivity contribution >= 4 is 14.5 Å². The smallest absolute Gasteiger partial charge is 0.0220 e. The zero-order chi connectivity index (χ0) is 10.0. The van der Waals surface area contributed by atoms with E-state index in [9.17, 15) is 0 Å². The Hall–Kier alpha value is -0.350. The quantitative estimate of drug-likeness (QED) is 0.622. The van der Waals surface area contributed by atoms with E-state index in [4.69, 9.17) is 0 Å². The topological polar surface area (TPSA) is 0 Å². The summed E-state index contributed by atoms with van der Waals surface area (Å²) >= 11 is 0. The molecule has 1 aromatic rings. The summed E-state index contributed by atoms with van der Waals surface area (Å²) in [4.78, 5) is 0. The van der Waals surface area contributed by atoms with Crippen molar-refractivity contribution in [2.45, 2.75) is 39.5 Å². The van der Waals surface area contributed by atoms with E-state index in [-0.39, 0.29) is 0 Å². The largest absolute Gasteiger partial charge is 1.45 e. The van der Waals surface area contributed by atoms with Crippen LogP contribution in [-0.2, 0) is 0 Å². The fourth-order valence-electron chi connectivity index (χ4n) is 1.41. The fourth-order valence-corrected chi connectivity index (χ4v) is 1.89. The number of hydrogen-bond donors (Lipinski definition) is 0. The van der Waals surface area contributed by atoms with Crippen LogP contribution < -0.4 is 5.30 Å². The Kier molecular flexibility index (Phi) is 3.50. The summed E-state index contributed by atoms with van der Waals surface area (Å²) in [6.07, 6.45) is 0. The van der Waals surface area contributed by atoms with Crippen LogP contribution in [0, 0.1) is 0 Å². The van der Waals surface area contributed by atoms with Crippen molar-refractivity contribution in [3.05, 3.63) is 29.3 Å². The average Bonchev–Trinajstić information content (AvgIpc) is 2.03. The average molecular weight is 192 g/mol. The van der Waals surface area contributed by atoms with Gasteiger partial charge in [-0.05, 0) is 17.4 Å². The Morgan fingerprint density at radius 2 is 1.62 bits per heavy atom. The van der Waals surface area contributed by atoms with Gasteiger partial charge in [0.15, 0.2) is 0 Å². The lowest BCUT2D eigenvalue weighted by Gasteiger charge is -2.40. The third-order valence-electron chi connectivity index (χ3n) is 2.34. The van der Waals surface area contributed by atoms with Gasteiger partial charge in [-0.15, -0.1) is 11.6 Å². The van der Waals surface area contributed by atoms with Crippen LogP contribution in [-0.4, -0.2) is 0 Å². The highest BCUT2D eigenvalue weighted by Crippen LogP contribution is 2.19. The maximum atomic E-state index is 4.50. The van der Waals surface area contributed by atoms with E-state index in [1.165, 1.54) is 11.1 Å². The van der Waals surface area contributed by atoms with Crippen LogP contribution in [0.1, 0.15) is 50.7 Å². The fraction of sp³-hybridized carbons (Fsp3) is 0.500. The molecule has 0 amide bonds. The van der Waals surface area contributed by atoms with Crippen molar-refractivity contribution in [2.24, 2.45) is 0 Å². The van der Waals surface area contributed by atoms with Crippen LogP contribution in [0.2, 0.25) is 0 Å². The van der Waals surface area contributed by atoms with Gasteiger partial charge < -0.3 is 14.5 Å². The summed E-state index contributed by atoms with van der Waals surface area (Å²) < 4.78 is 0. The van der Waals surface area contributed by atoms with Gasteiger partial charge in [-0.2, -0.15) is 0 Å². The molecule has 0 bridgehead atoms. The Labute approximate surface area is 84.0 Å². The van der Waals surface area contributed by atoms with E-state index in [0.717, 1.165) is 5.30 Å². The Morgan fingerprint density at radius 3 is 2.00 bits per heavy atom. The van der Waals surface area contributed by atoms with Gasteiger partial charge >= 0.3 is 0 Å². The molecule has 13 heavy (non-hydrogen) atoms. The molecule has 0 radical (unpaired) electrons. The first kappa shape index (κ1) is 10.7. The summed E-state index contributed by atoms with van der Waals surface area (Å²) in [6, 6.07) is 6.59. The van der Waals surface area contributed by atoms with E-state index in [1.54, 1.807) is 0 Å². The Balaban J connectivity index is 3.06. The van der Waals surface area contributed by atoms with E-state index in [0.29, 0.717) is 11.8 Å². The van der Waals surface area contributed by atoms with Gasteiger partial charge in [0.1, 0.15) is 0 Å². The zero-order valence-electron chi connectivity index (χ0n) is 8.83. The summed E-state index contributed by atoms with van der Waals surface area (Å²) in [7, 11) is 4.50. The minimum atomic E-state index is 0.564. The monoisotopic (exact) mass is 192 g/mol. The normalized spacial score (nSPS) is 11.3. The molecule has 1 heteroatoms. The zero-order valence-corrected chi connectivity index (χ0v) is 9.73. The maximum Gasteiger partial charge on any atom is -0.0220 e. The summed E-state index contributed by atoms with van der Waals surface area (Å²) in [5, 5.41) is 1.13. The van der Waals surface area contributed by atoms with Gasteiger partial charge in [-0.1, -0.05) is 39.8 Å². The molecule has 0 saturated heterocycles. The molecule has 0 aliphatic rings. The van der Waals surface area contributed by atoms with Gasteiger partial charge in [0.05, 0.1) is 0 Å². The maximum absolute atomic E-state index is 4.50. The molecule has 0 heterocycles. The first-order valence-corrected chi connectivity index (χ1v) is 5.30. The predicted octanol–water partition coefficient (Wildman–Crippen LogP) is 3.97. The molecule has 0 nitrogen and oxygen atoms in total. The van der Waals surface area contributed by atoms with Crippen molar-refractivity contribution in [1.82, 2.24) is 0 Å². The van der Waals surface area contributed by atoms with Crippen LogP contribution in [0.5, 0.6) is 0 Å². The van der Waals surface area contributed by atoms with Gasteiger partial charge in [-0.3, -0.25) is 0 Å². The third-order valence-corrected chi connectivity index (χ3v) is 2.73. The number of hydrogen-bond acceptors (Lipinski definition) is 0. The van der Waals surface area contributed by atoms with Gasteiger partial charge in [0.25, 0.3) is 0 Å². The van der Waals surface area contributed by atoms with Crippen molar-refractivity contribution in [1.29, 1.82) is 0 Å². The minimum Gasteiger partial charge on any atom is -1.45 e. The highest BCUT2D eigenvalue weighted by Gasteiger charge is 1.98. The van der Waals surface area contributed by atoms with E-state index in [2.05, 4.69) is 55.1 Å². The lowest BCUT2D eigenvalue weighted by Crippen LogP contribution is -2.05. The summed E-state index contributed by atoms with van der Waals surface area (Å²) in [5.74, 6) is 1.15. The van der Waals surface area contributed by atoms with Crippen molar-refractivity contribution in [3.8, 4) is 0 Å². The Morgan fingerprint density at radius 1 is 1.00 bits per heavy atom. The van der Waals surface area contributed by atoms with Crippen LogP contribution in [0.15, 0.2) is 18.2 Å². The molecule has 0 N–H and O–H groups in total. The molecule has 72 valence electrons. The standard InChI is InChI=1S/C12H17P/c1-8(2)10-5-6-11(9(3)4)12(13)7-10/h5-9H,1-4H3/q-2. The van der Waals surface area contributed by atoms with E-state index in [1.807, 2.05) is 0 Å². The molecule has 0 fully saturated rings. The molecular formula is C12H17P-2. The van der Waals surface area contributed by atoms with Crippen molar-refractivity contribution < 1.29 is 0 Å².